The van der Waals surface area contributed by atoms with Gasteiger partial charge in [-0.15, -0.1) is 0 Å². The minimum Gasteiger partial charge on any atom is -0.465 e. The quantitative estimate of drug-likeness (QED) is 0.591. The first kappa shape index (κ1) is 17.6. The number of amides is 1. The molecule has 0 saturated carbocycles. The third-order valence-electron chi connectivity index (χ3n) is 4.24. The molecular weight excluding hydrogens is 333 g/mol. The Bertz CT molecular complexity index is 635. The van der Waals surface area contributed by atoms with Gasteiger partial charge in [0, 0.05) is 0 Å². The molecule has 2 rings (SSSR count). The smallest absolute Gasteiger partial charge is 0.416 e. The normalized spacial score (nSPS) is 27.8. The molecule has 1 aliphatic rings. The van der Waals surface area contributed by atoms with Crippen molar-refractivity contribution in [3.63, 3.8) is 0 Å². The lowest BCUT2D eigenvalue weighted by atomic mass is 9.74. The van der Waals surface area contributed by atoms with E-state index >= 15 is 0 Å². The SMILES string of the molecule is CCOC1=NC(C)(C(F)(F)F)C(C)(c2ccccc2)N1C(=O)Cl. The van der Waals surface area contributed by atoms with Crippen molar-refractivity contribution in [2.75, 3.05) is 6.61 Å². The maximum absolute atomic E-state index is 13.8. The van der Waals surface area contributed by atoms with Crippen LogP contribution in [0.25, 0.3) is 0 Å². The van der Waals surface area contributed by atoms with E-state index in [0.29, 0.717) is 0 Å². The third-order valence-corrected chi connectivity index (χ3v) is 4.41. The van der Waals surface area contributed by atoms with Crippen LogP contribution in [-0.4, -0.2) is 34.6 Å². The summed E-state index contributed by atoms with van der Waals surface area (Å²) in [6, 6.07) is 7.42. The molecule has 1 heterocycles. The predicted molar refractivity (Wildman–Crippen MR) is 80.4 cm³/mol. The van der Waals surface area contributed by atoms with Crippen LogP contribution in [0.4, 0.5) is 18.0 Å². The number of nitrogens with zero attached hydrogens (tertiary/aromatic N) is 2. The summed E-state index contributed by atoms with van der Waals surface area (Å²) in [6.45, 7) is 3.85. The molecule has 0 saturated heterocycles. The maximum Gasteiger partial charge on any atom is 0.416 e. The molecular formula is C15H16ClF3N2O2. The average molecular weight is 349 g/mol. The van der Waals surface area contributed by atoms with Crippen molar-refractivity contribution in [2.24, 2.45) is 4.99 Å². The molecule has 0 spiro atoms. The fourth-order valence-corrected chi connectivity index (χ4v) is 2.99. The standard InChI is InChI=1S/C15H16ClF3N2O2/c1-4-23-12-20-14(3,15(17,18)19)13(2,21(12)11(16)22)10-8-6-5-7-9-10/h5-9H,4H2,1-3H3. The van der Waals surface area contributed by atoms with Gasteiger partial charge in [-0.2, -0.15) is 13.2 Å². The van der Waals surface area contributed by atoms with Gasteiger partial charge in [-0.3, -0.25) is 4.79 Å². The van der Waals surface area contributed by atoms with E-state index in [4.69, 9.17) is 16.3 Å². The van der Waals surface area contributed by atoms with Crippen LogP contribution >= 0.6 is 11.6 Å². The number of halogens is 4. The zero-order chi connectivity index (χ0) is 17.5. The number of benzene rings is 1. The molecule has 23 heavy (non-hydrogen) atoms. The van der Waals surface area contributed by atoms with Crippen molar-refractivity contribution in [1.29, 1.82) is 0 Å². The molecule has 4 nitrogen and oxygen atoms in total. The van der Waals surface area contributed by atoms with Crippen molar-refractivity contribution < 1.29 is 22.7 Å². The summed E-state index contributed by atoms with van der Waals surface area (Å²) < 4.78 is 46.7. The summed E-state index contributed by atoms with van der Waals surface area (Å²) in [6.07, 6.45) is -4.72. The lowest BCUT2D eigenvalue weighted by Crippen LogP contribution is -2.61. The number of ether oxygens (including phenoxy) is 1. The number of carbonyl (C=O) groups is 1. The topological polar surface area (TPSA) is 41.9 Å². The summed E-state index contributed by atoms with van der Waals surface area (Å²) >= 11 is 5.59. The summed E-state index contributed by atoms with van der Waals surface area (Å²) in [7, 11) is 0. The fraction of sp³-hybridized carbons (Fsp3) is 0.467. The Morgan fingerprint density at radius 2 is 1.87 bits per heavy atom. The first-order chi connectivity index (χ1) is 10.6. The van der Waals surface area contributed by atoms with Gasteiger partial charge in [0.05, 0.1) is 6.61 Å². The van der Waals surface area contributed by atoms with Crippen LogP contribution in [0.2, 0.25) is 0 Å². The van der Waals surface area contributed by atoms with Gasteiger partial charge in [0.1, 0.15) is 5.54 Å². The van der Waals surface area contributed by atoms with Crippen LogP contribution < -0.4 is 0 Å². The molecule has 1 aromatic rings. The van der Waals surface area contributed by atoms with E-state index in [2.05, 4.69) is 4.99 Å². The Kier molecular flexibility index (Phi) is 4.36. The maximum atomic E-state index is 13.8. The summed E-state index contributed by atoms with van der Waals surface area (Å²) in [5, 5.41) is -1.09. The van der Waals surface area contributed by atoms with E-state index in [1.807, 2.05) is 0 Å². The van der Waals surface area contributed by atoms with Crippen molar-refractivity contribution in [3.8, 4) is 0 Å². The van der Waals surface area contributed by atoms with E-state index in [9.17, 15) is 18.0 Å². The van der Waals surface area contributed by atoms with Crippen molar-refractivity contribution in [1.82, 2.24) is 4.90 Å². The zero-order valence-corrected chi connectivity index (χ0v) is 13.6. The van der Waals surface area contributed by atoms with Crippen LogP contribution in [0.1, 0.15) is 26.3 Å². The number of amidine groups is 1. The van der Waals surface area contributed by atoms with Gasteiger partial charge in [-0.25, -0.2) is 9.89 Å². The lowest BCUT2D eigenvalue weighted by Gasteiger charge is -2.43. The largest absolute Gasteiger partial charge is 0.465 e. The van der Waals surface area contributed by atoms with Crippen molar-refractivity contribution >= 4 is 23.0 Å². The van der Waals surface area contributed by atoms with Crippen molar-refractivity contribution in [3.05, 3.63) is 35.9 Å². The van der Waals surface area contributed by atoms with Crippen LogP contribution in [0.3, 0.4) is 0 Å². The summed E-state index contributed by atoms with van der Waals surface area (Å²) in [4.78, 5) is 16.4. The second-order valence-electron chi connectivity index (χ2n) is 5.42. The highest BCUT2D eigenvalue weighted by atomic mass is 35.5. The number of aliphatic imine (C=N–C) groups is 1. The van der Waals surface area contributed by atoms with Crippen LogP contribution in [0.15, 0.2) is 35.3 Å². The average Bonchev–Trinajstić information content (AvgIpc) is 2.70. The highest BCUT2D eigenvalue weighted by Crippen LogP contribution is 2.54. The lowest BCUT2D eigenvalue weighted by molar-refractivity contribution is -0.202. The molecule has 8 heteroatoms. The van der Waals surface area contributed by atoms with E-state index in [-0.39, 0.29) is 12.2 Å². The van der Waals surface area contributed by atoms with Gasteiger partial charge in [0.2, 0.25) is 0 Å². The molecule has 0 radical (unpaired) electrons. The third kappa shape index (κ3) is 2.47. The molecule has 0 aliphatic carbocycles. The highest BCUT2D eigenvalue weighted by molar-refractivity contribution is 6.64. The Balaban J connectivity index is 2.75. The number of carbonyl (C=O) groups excluding carboxylic acids is 1. The fourth-order valence-electron chi connectivity index (χ4n) is 2.75. The Hall–Kier alpha value is -1.76. The Morgan fingerprint density at radius 3 is 2.30 bits per heavy atom. The van der Waals surface area contributed by atoms with Gasteiger partial charge < -0.3 is 4.74 Å². The number of rotatable bonds is 2. The monoisotopic (exact) mass is 348 g/mol. The summed E-state index contributed by atoms with van der Waals surface area (Å²) in [5.74, 6) is 0. The van der Waals surface area contributed by atoms with Crippen molar-refractivity contribution in [2.45, 2.75) is 38.0 Å². The van der Waals surface area contributed by atoms with E-state index in [1.165, 1.54) is 19.1 Å². The Morgan fingerprint density at radius 1 is 1.30 bits per heavy atom. The molecule has 0 aromatic heterocycles. The van der Waals surface area contributed by atoms with Gasteiger partial charge in [0.25, 0.3) is 6.02 Å². The van der Waals surface area contributed by atoms with Crippen LogP contribution in [0, 0.1) is 0 Å². The van der Waals surface area contributed by atoms with Crippen LogP contribution in [0.5, 0.6) is 0 Å². The second kappa shape index (κ2) is 5.70. The number of hydrogen-bond donors (Lipinski definition) is 0. The molecule has 1 aliphatic heterocycles. The number of hydrogen-bond acceptors (Lipinski definition) is 3. The van der Waals surface area contributed by atoms with E-state index < -0.39 is 28.6 Å². The first-order valence-corrected chi connectivity index (χ1v) is 7.32. The predicted octanol–water partition coefficient (Wildman–Crippen LogP) is 4.29. The Labute approximate surface area is 136 Å². The van der Waals surface area contributed by atoms with E-state index in [1.54, 1.807) is 25.1 Å². The molecule has 2 unspecified atom stereocenters. The second-order valence-corrected chi connectivity index (χ2v) is 5.75. The zero-order valence-electron chi connectivity index (χ0n) is 12.8. The molecule has 1 amide bonds. The van der Waals surface area contributed by atoms with Gasteiger partial charge >= 0.3 is 11.5 Å². The molecule has 0 N–H and O–H groups in total. The molecule has 126 valence electrons. The highest BCUT2D eigenvalue weighted by Gasteiger charge is 2.70. The molecule has 0 fully saturated rings. The molecule has 0 bridgehead atoms. The van der Waals surface area contributed by atoms with Gasteiger partial charge in [-0.1, -0.05) is 30.3 Å². The van der Waals surface area contributed by atoms with Crippen LogP contribution in [-0.2, 0) is 10.3 Å². The minimum atomic E-state index is -4.72. The molecule has 1 aromatic carbocycles. The van der Waals surface area contributed by atoms with E-state index in [0.717, 1.165) is 11.8 Å². The number of alkyl halides is 3. The van der Waals surface area contributed by atoms with Gasteiger partial charge in [0.15, 0.2) is 5.54 Å². The first-order valence-electron chi connectivity index (χ1n) is 6.94. The minimum absolute atomic E-state index is 0.0539. The van der Waals surface area contributed by atoms with Gasteiger partial charge in [-0.05, 0) is 37.9 Å². The molecule has 2 atom stereocenters. The summed E-state index contributed by atoms with van der Waals surface area (Å²) in [5.41, 5.74) is -4.21.